The molecule has 7 nitrogen and oxygen atoms in total. The molecule has 2 aliphatic rings. The fraction of sp³-hybridized carbons (Fsp3) is 0.765. The van der Waals surface area contributed by atoms with Gasteiger partial charge >= 0.3 is 12.0 Å². The van der Waals surface area contributed by atoms with Crippen LogP contribution in [0.4, 0.5) is 9.93 Å². The summed E-state index contributed by atoms with van der Waals surface area (Å²) >= 11 is 4.81. The second kappa shape index (κ2) is 8.65. The van der Waals surface area contributed by atoms with Crippen molar-refractivity contribution in [3.8, 4) is 0 Å². The Bertz CT molecular complexity index is 650. The van der Waals surface area contributed by atoms with E-state index < -0.39 is 6.23 Å². The van der Waals surface area contributed by atoms with E-state index in [1.54, 1.807) is 11.9 Å². The second-order valence-corrected chi connectivity index (χ2v) is 9.01. The summed E-state index contributed by atoms with van der Waals surface area (Å²) in [5, 5.41) is 10.1. The Morgan fingerprint density at radius 3 is 2.77 bits per heavy atom. The number of carbonyl (C=O) groups is 2. The van der Waals surface area contributed by atoms with E-state index in [0.29, 0.717) is 30.4 Å². The minimum absolute atomic E-state index is 0.204. The molecule has 1 unspecified atom stereocenters. The number of amides is 2. The van der Waals surface area contributed by atoms with Crippen LogP contribution >= 0.6 is 27.3 Å². The van der Waals surface area contributed by atoms with Gasteiger partial charge in [-0.05, 0) is 19.3 Å². The maximum atomic E-state index is 12.7. The van der Waals surface area contributed by atoms with E-state index in [2.05, 4.69) is 26.1 Å². The van der Waals surface area contributed by atoms with Crippen LogP contribution in [-0.4, -0.2) is 51.7 Å². The van der Waals surface area contributed by atoms with E-state index in [1.165, 1.54) is 29.1 Å². The van der Waals surface area contributed by atoms with E-state index in [9.17, 15) is 9.59 Å². The Morgan fingerprint density at radius 1 is 1.35 bits per heavy atom. The van der Waals surface area contributed by atoms with Crippen LogP contribution in [-0.2, 0) is 9.53 Å². The average Bonchev–Trinajstić information content (AvgIpc) is 3.29. The number of alkyl halides is 1. The van der Waals surface area contributed by atoms with Gasteiger partial charge in [-0.3, -0.25) is 4.79 Å². The number of rotatable bonds is 6. The summed E-state index contributed by atoms with van der Waals surface area (Å²) < 4.78 is 5.66. The molecule has 0 N–H and O–H groups in total. The van der Waals surface area contributed by atoms with Gasteiger partial charge in [0.1, 0.15) is 9.83 Å². The molecule has 2 atom stereocenters. The minimum atomic E-state index is -0.632. The molecule has 1 aliphatic heterocycles. The zero-order chi connectivity index (χ0) is 18.7. The highest BCUT2D eigenvalue weighted by molar-refractivity contribution is 9.10. The van der Waals surface area contributed by atoms with E-state index in [4.69, 9.17) is 4.74 Å². The summed E-state index contributed by atoms with van der Waals surface area (Å²) in [6.45, 7) is 2.56. The van der Waals surface area contributed by atoms with E-state index in [1.807, 2.05) is 6.92 Å². The molecule has 0 radical (unpaired) electrons. The van der Waals surface area contributed by atoms with Crippen LogP contribution in [0.5, 0.6) is 0 Å². The molecule has 3 rings (SSSR count). The standard InChI is InChI=1S/C17H25BrN4O3S/c1-3-6-12(18)15(23)25-13-9-10-21(2)17(24)22(13)16-20-19-14(26-16)11-7-4-5-8-11/h11-13H,3-10H2,1-2H3/t12?,13-/m1/s1. The lowest BCUT2D eigenvalue weighted by Gasteiger charge is -2.37. The monoisotopic (exact) mass is 444 g/mol. The lowest BCUT2D eigenvalue weighted by Crippen LogP contribution is -2.55. The fourth-order valence-corrected chi connectivity index (χ4v) is 5.01. The number of esters is 1. The van der Waals surface area contributed by atoms with Crippen molar-refractivity contribution in [3.05, 3.63) is 5.01 Å². The van der Waals surface area contributed by atoms with Crippen LogP contribution in [0.1, 0.15) is 62.8 Å². The van der Waals surface area contributed by atoms with Gasteiger partial charge in [-0.15, -0.1) is 10.2 Å². The Balaban J connectivity index is 1.77. The molecule has 2 fully saturated rings. The Morgan fingerprint density at radius 2 is 2.08 bits per heavy atom. The first-order chi connectivity index (χ1) is 12.5. The number of hydrogen-bond acceptors (Lipinski definition) is 6. The molecule has 9 heteroatoms. The molecule has 1 aromatic rings. The molecule has 0 spiro atoms. The van der Waals surface area contributed by atoms with Crippen LogP contribution in [0.25, 0.3) is 0 Å². The molecule has 2 amide bonds. The zero-order valence-corrected chi connectivity index (χ0v) is 17.6. The van der Waals surface area contributed by atoms with Crippen molar-refractivity contribution in [3.63, 3.8) is 0 Å². The number of nitrogens with zero attached hydrogens (tertiary/aromatic N) is 4. The normalized spacial score (nSPS) is 22.7. The molecule has 2 heterocycles. The third-order valence-electron chi connectivity index (χ3n) is 4.92. The van der Waals surface area contributed by atoms with Crippen LogP contribution in [0.15, 0.2) is 0 Å². The molecule has 1 aliphatic carbocycles. The molecule has 0 bridgehead atoms. The first-order valence-electron chi connectivity index (χ1n) is 9.23. The lowest BCUT2D eigenvalue weighted by molar-refractivity contribution is -0.148. The summed E-state index contributed by atoms with van der Waals surface area (Å²) in [7, 11) is 1.75. The minimum Gasteiger partial charge on any atom is -0.440 e. The number of ether oxygens (including phenoxy) is 1. The predicted molar refractivity (Wildman–Crippen MR) is 104 cm³/mol. The van der Waals surface area contributed by atoms with Crippen molar-refractivity contribution in [1.29, 1.82) is 0 Å². The van der Waals surface area contributed by atoms with Crippen LogP contribution < -0.4 is 4.90 Å². The summed E-state index contributed by atoms with van der Waals surface area (Å²) in [6, 6.07) is -0.204. The SMILES string of the molecule is CCCC(Br)C(=O)O[C@@H]1CCN(C)C(=O)N1c1nnc(C2CCCC2)s1. The maximum Gasteiger partial charge on any atom is 0.329 e. The smallest absolute Gasteiger partial charge is 0.329 e. The maximum absolute atomic E-state index is 12.7. The van der Waals surface area contributed by atoms with Crippen molar-refractivity contribution in [1.82, 2.24) is 15.1 Å². The number of anilines is 1. The Hall–Kier alpha value is -1.22. The molecule has 26 heavy (non-hydrogen) atoms. The van der Waals surface area contributed by atoms with Crippen LogP contribution in [0.2, 0.25) is 0 Å². The van der Waals surface area contributed by atoms with Gasteiger partial charge in [-0.2, -0.15) is 0 Å². The van der Waals surface area contributed by atoms with Crippen LogP contribution in [0, 0.1) is 0 Å². The highest BCUT2D eigenvalue weighted by atomic mass is 79.9. The van der Waals surface area contributed by atoms with Crippen molar-refractivity contribution in [2.45, 2.75) is 68.8 Å². The average molecular weight is 445 g/mol. The number of urea groups is 1. The van der Waals surface area contributed by atoms with Gasteiger partial charge in [0, 0.05) is 25.9 Å². The quantitative estimate of drug-likeness (QED) is 0.491. The van der Waals surface area contributed by atoms with Gasteiger partial charge in [0.25, 0.3) is 0 Å². The fourth-order valence-electron chi connectivity index (χ4n) is 3.39. The first-order valence-corrected chi connectivity index (χ1v) is 11.0. The van der Waals surface area contributed by atoms with E-state index >= 15 is 0 Å². The molecular formula is C17H25BrN4O3S. The summed E-state index contributed by atoms with van der Waals surface area (Å²) in [4.78, 5) is 27.8. The number of hydrogen-bond donors (Lipinski definition) is 0. The summed E-state index contributed by atoms with van der Waals surface area (Å²) in [6.07, 6.45) is 6.19. The Kier molecular flexibility index (Phi) is 6.50. The predicted octanol–water partition coefficient (Wildman–Crippen LogP) is 3.89. The van der Waals surface area contributed by atoms with Gasteiger partial charge in [0.05, 0.1) is 0 Å². The van der Waals surface area contributed by atoms with Crippen molar-refractivity contribution in [2.24, 2.45) is 0 Å². The Labute approximate surface area is 166 Å². The lowest BCUT2D eigenvalue weighted by atomic mass is 10.1. The molecule has 144 valence electrons. The van der Waals surface area contributed by atoms with E-state index in [0.717, 1.165) is 24.3 Å². The second-order valence-electron chi connectivity index (χ2n) is 6.91. The largest absolute Gasteiger partial charge is 0.440 e. The number of carbonyl (C=O) groups excluding carboxylic acids is 2. The first kappa shape index (κ1) is 19.5. The van der Waals surface area contributed by atoms with Crippen molar-refractivity contribution >= 4 is 44.4 Å². The summed E-state index contributed by atoms with van der Waals surface area (Å²) in [5.41, 5.74) is 0. The highest BCUT2D eigenvalue weighted by Gasteiger charge is 2.38. The van der Waals surface area contributed by atoms with Crippen molar-refractivity contribution < 1.29 is 14.3 Å². The highest BCUT2D eigenvalue weighted by Crippen LogP contribution is 2.38. The number of halogens is 1. The van der Waals surface area contributed by atoms with Crippen molar-refractivity contribution in [2.75, 3.05) is 18.5 Å². The molecule has 1 saturated heterocycles. The molecule has 1 saturated carbocycles. The third-order valence-corrected chi connectivity index (χ3v) is 6.84. The van der Waals surface area contributed by atoms with Gasteiger partial charge in [0.2, 0.25) is 5.13 Å². The van der Waals surface area contributed by atoms with Gasteiger partial charge in [-0.1, -0.05) is 53.5 Å². The summed E-state index contributed by atoms with van der Waals surface area (Å²) in [5.74, 6) is 0.107. The zero-order valence-electron chi connectivity index (χ0n) is 15.2. The van der Waals surface area contributed by atoms with Gasteiger partial charge < -0.3 is 9.64 Å². The van der Waals surface area contributed by atoms with E-state index in [-0.39, 0.29) is 16.8 Å². The molecule has 1 aromatic heterocycles. The van der Waals surface area contributed by atoms with Gasteiger partial charge in [0.15, 0.2) is 6.23 Å². The number of aromatic nitrogens is 2. The molecule has 0 aromatic carbocycles. The van der Waals surface area contributed by atoms with Crippen LogP contribution in [0.3, 0.4) is 0 Å². The molecular weight excluding hydrogens is 420 g/mol. The van der Waals surface area contributed by atoms with Gasteiger partial charge in [-0.25, -0.2) is 9.69 Å². The third kappa shape index (κ3) is 4.19. The topological polar surface area (TPSA) is 75.6 Å².